The number of quaternary nitrogens is 1. The maximum Gasteiger partial charge on any atom is 0.278 e. The van der Waals surface area contributed by atoms with Gasteiger partial charge in [0.25, 0.3) is 5.91 Å². The SMILES string of the molecule is CCC[C@@H](C(=O)NC)[NH+](CC)CC. The van der Waals surface area contributed by atoms with Crippen molar-refractivity contribution in [2.45, 2.75) is 39.7 Å². The van der Waals surface area contributed by atoms with Crippen LogP contribution in [0.3, 0.4) is 0 Å². The minimum Gasteiger partial charge on any atom is -0.354 e. The van der Waals surface area contributed by atoms with Gasteiger partial charge in [-0.3, -0.25) is 4.79 Å². The molecule has 0 saturated heterocycles. The highest BCUT2D eigenvalue weighted by atomic mass is 16.2. The Hall–Kier alpha value is -0.570. The van der Waals surface area contributed by atoms with Crippen LogP contribution in [0.5, 0.6) is 0 Å². The molecule has 0 aliphatic rings. The number of hydrogen-bond acceptors (Lipinski definition) is 1. The second-order valence-electron chi connectivity index (χ2n) is 3.32. The van der Waals surface area contributed by atoms with Gasteiger partial charge in [0.2, 0.25) is 0 Å². The van der Waals surface area contributed by atoms with Gasteiger partial charge in [0.05, 0.1) is 13.1 Å². The van der Waals surface area contributed by atoms with Gasteiger partial charge in [0.15, 0.2) is 6.04 Å². The number of hydrogen-bond donors (Lipinski definition) is 2. The standard InChI is InChI=1S/C10H22N2O/c1-5-8-9(10(13)11-4)12(6-2)7-3/h9H,5-8H2,1-4H3,(H,11,13)/p+1/t9-/m0/s1. The van der Waals surface area contributed by atoms with Crippen molar-refractivity contribution in [3.63, 3.8) is 0 Å². The third-order valence-corrected chi connectivity index (χ3v) is 2.54. The van der Waals surface area contributed by atoms with E-state index in [4.69, 9.17) is 0 Å². The summed E-state index contributed by atoms with van der Waals surface area (Å²) >= 11 is 0. The predicted octanol–water partition coefficient (Wildman–Crippen LogP) is -0.174. The van der Waals surface area contributed by atoms with Crippen LogP contribution in [0.1, 0.15) is 33.6 Å². The second kappa shape index (κ2) is 6.89. The van der Waals surface area contributed by atoms with Crippen LogP contribution in [0.4, 0.5) is 0 Å². The molecule has 3 nitrogen and oxygen atoms in total. The fourth-order valence-electron chi connectivity index (χ4n) is 1.73. The lowest BCUT2D eigenvalue weighted by molar-refractivity contribution is -0.913. The fourth-order valence-corrected chi connectivity index (χ4v) is 1.73. The van der Waals surface area contributed by atoms with Crippen molar-refractivity contribution >= 4 is 5.91 Å². The molecular weight excluding hydrogens is 164 g/mol. The molecule has 0 aromatic rings. The molecule has 3 heteroatoms. The van der Waals surface area contributed by atoms with Gasteiger partial charge in [-0.2, -0.15) is 0 Å². The first-order valence-electron chi connectivity index (χ1n) is 5.27. The van der Waals surface area contributed by atoms with E-state index in [0.29, 0.717) is 0 Å². The highest BCUT2D eigenvalue weighted by Crippen LogP contribution is 1.92. The topological polar surface area (TPSA) is 33.5 Å². The molecule has 0 heterocycles. The molecule has 1 amide bonds. The normalized spacial score (nSPS) is 13.0. The molecule has 0 saturated carbocycles. The van der Waals surface area contributed by atoms with E-state index in [1.165, 1.54) is 4.90 Å². The predicted molar refractivity (Wildman–Crippen MR) is 54.8 cm³/mol. The van der Waals surface area contributed by atoms with Crippen LogP contribution in [0.25, 0.3) is 0 Å². The van der Waals surface area contributed by atoms with Crippen LogP contribution in [-0.2, 0) is 4.79 Å². The van der Waals surface area contributed by atoms with E-state index >= 15 is 0 Å². The van der Waals surface area contributed by atoms with Crippen LogP contribution >= 0.6 is 0 Å². The zero-order chi connectivity index (χ0) is 10.3. The molecule has 13 heavy (non-hydrogen) atoms. The Morgan fingerprint density at radius 2 is 1.85 bits per heavy atom. The number of nitrogens with one attached hydrogen (secondary N) is 2. The molecule has 0 unspecified atom stereocenters. The highest BCUT2D eigenvalue weighted by molar-refractivity contribution is 5.79. The lowest BCUT2D eigenvalue weighted by atomic mass is 10.1. The van der Waals surface area contributed by atoms with Gasteiger partial charge in [0, 0.05) is 13.5 Å². The molecule has 78 valence electrons. The van der Waals surface area contributed by atoms with E-state index in [1.807, 2.05) is 0 Å². The highest BCUT2D eigenvalue weighted by Gasteiger charge is 2.25. The summed E-state index contributed by atoms with van der Waals surface area (Å²) in [6.45, 7) is 8.43. The Labute approximate surface area is 81.5 Å². The summed E-state index contributed by atoms with van der Waals surface area (Å²) in [5.41, 5.74) is 0. The van der Waals surface area contributed by atoms with Gasteiger partial charge in [-0.25, -0.2) is 0 Å². The smallest absolute Gasteiger partial charge is 0.278 e. The van der Waals surface area contributed by atoms with Crippen molar-refractivity contribution in [1.82, 2.24) is 5.32 Å². The maximum absolute atomic E-state index is 11.5. The third kappa shape index (κ3) is 3.77. The van der Waals surface area contributed by atoms with Crippen molar-refractivity contribution in [1.29, 1.82) is 0 Å². The molecule has 0 fully saturated rings. The van der Waals surface area contributed by atoms with Gasteiger partial charge in [0.1, 0.15) is 0 Å². The van der Waals surface area contributed by atoms with Gasteiger partial charge in [-0.1, -0.05) is 6.92 Å². The number of carbonyl (C=O) groups is 1. The zero-order valence-corrected chi connectivity index (χ0v) is 9.31. The van der Waals surface area contributed by atoms with Crippen molar-refractivity contribution in [3.8, 4) is 0 Å². The van der Waals surface area contributed by atoms with E-state index in [2.05, 4.69) is 26.1 Å². The second-order valence-corrected chi connectivity index (χ2v) is 3.32. The first-order chi connectivity index (χ1) is 6.21. The molecule has 0 aliphatic carbocycles. The maximum atomic E-state index is 11.5. The summed E-state index contributed by atoms with van der Waals surface area (Å²) in [4.78, 5) is 12.9. The Morgan fingerprint density at radius 3 is 2.15 bits per heavy atom. The molecule has 0 bridgehead atoms. The molecule has 0 aliphatic heterocycles. The Morgan fingerprint density at radius 1 is 1.31 bits per heavy atom. The molecule has 0 spiro atoms. The van der Waals surface area contributed by atoms with Gasteiger partial charge in [-0.15, -0.1) is 0 Å². The largest absolute Gasteiger partial charge is 0.354 e. The Kier molecular flexibility index (Phi) is 6.59. The first-order valence-corrected chi connectivity index (χ1v) is 5.27. The summed E-state index contributed by atoms with van der Waals surface area (Å²) < 4.78 is 0. The van der Waals surface area contributed by atoms with E-state index in [9.17, 15) is 4.79 Å². The van der Waals surface area contributed by atoms with Gasteiger partial charge in [-0.05, 0) is 20.3 Å². The van der Waals surface area contributed by atoms with Crippen molar-refractivity contribution < 1.29 is 9.69 Å². The van der Waals surface area contributed by atoms with Gasteiger partial charge < -0.3 is 10.2 Å². The van der Waals surface area contributed by atoms with Crippen LogP contribution < -0.4 is 10.2 Å². The minimum absolute atomic E-state index is 0.144. The summed E-state index contributed by atoms with van der Waals surface area (Å²) in [5.74, 6) is 0.181. The Bertz CT molecular complexity index is 144. The number of likely N-dealkylation sites (N-methyl/N-ethyl adjacent to an activating group) is 2. The third-order valence-electron chi connectivity index (χ3n) is 2.54. The number of amides is 1. The molecule has 0 rings (SSSR count). The first kappa shape index (κ1) is 12.4. The van der Waals surface area contributed by atoms with Crippen LogP contribution in [-0.4, -0.2) is 32.1 Å². The number of carbonyl (C=O) groups excluding carboxylic acids is 1. The van der Waals surface area contributed by atoms with E-state index in [0.717, 1.165) is 25.9 Å². The van der Waals surface area contributed by atoms with Gasteiger partial charge >= 0.3 is 0 Å². The van der Waals surface area contributed by atoms with Crippen LogP contribution in [0.15, 0.2) is 0 Å². The molecule has 2 N–H and O–H groups in total. The van der Waals surface area contributed by atoms with Crippen molar-refractivity contribution in [2.24, 2.45) is 0 Å². The van der Waals surface area contributed by atoms with E-state index in [-0.39, 0.29) is 11.9 Å². The zero-order valence-electron chi connectivity index (χ0n) is 9.31. The number of rotatable bonds is 6. The lowest BCUT2D eigenvalue weighted by Crippen LogP contribution is -3.16. The molecule has 0 radical (unpaired) electrons. The fraction of sp³-hybridized carbons (Fsp3) is 0.900. The minimum atomic E-state index is 0.144. The molecular formula is C10H23N2O+. The van der Waals surface area contributed by atoms with Crippen molar-refractivity contribution in [2.75, 3.05) is 20.1 Å². The molecule has 0 aromatic carbocycles. The average Bonchev–Trinajstić information content (AvgIpc) is 2.17. The molecule has 0 aromatic heterocycles. The summed E-state index contributed by atoms with van der Waals surface area (Å²) in [5, 5.41) is 2.74. The monoisotopic (exact) mass is 187 g/mol. The van der Waals surface area contributed by atoms with Crippen LogP contribution in [0.2, 0.25) is 0 Å². The Balaban J connectivity index is 4.28. The summed E-state index contributed by atoms with van der Waals surface area (Å²) in [6.07, 6.45) is 2.05. The summed E-state index contributed by atoms with van der Waals surface area (Å²) in [6, 6.07) is 0.144. The summed E-state index contributed by atoms with van der Waals surface area (Å²) in [7, 11) is 1.72. The van der Waals surface area contributed by atoms with E-state index in [1.54, 1.807) is 7.05 Å². The average molecular weight is 187 g/mol. The lowest BCUT2D eigenvalue weighted by Gasteiger charge is -2.24. The van der Waals surface area contributed by atoms with E-state index < -0.39 is 0 Å². The van der Waals surface area contributed by atoms with Crippen molar-refractivity contribution in [3.05, 3.63) is 0 Å². The van der Waals surface area contributed by atoms with Crippen LogP contribution in [0, 0.1) is 0 Å². The quantitative estimate of drug-likeness (QED) is 0.594. The molecule has 1 atom stereocenters.